The number of ether oxygens (including phenoxy) is 2. The highest BCUT2D eigenvalue weighted by molar-refractivity contribution is 5.11. The molecule has 22 heavy (non-hydrogen) atoms. The summed E-state index contributed by atoms with van der Waals surface area (Å²) in [6, 6.07) is 0. The van der Waals surface area contributed by atoms with E-state index in [0.717, 1.165) is 0 Å². The van der Waals surface area contributed by atoms with Gasteiger partial charge in [-0.05, 0) is 0 Å². The minimum atomic E-state index is -1.75. The van der Waals surface area contributed by atoms with Crippen LogP contribution in [0.15, 0.2) is 0 Å². The molecule has 2 heterocycles. The summed E-state index contributed by atoms with van der Waals surface area (Å²) in [6.45, 7) is -1.34. The zero-order chi connectivity index (χ0) is 16.6. The molecule has 9 atom stereocenters. The second-order valence-corrected chi connectivity index (χ2v) is 5.42. The van der Waals surface area contributed by atoms with Gasteiger partial charge >= 0.3 is 0 Å². The Balaban J connectivity index is 2.21. The van der Waals surface area contributed by atoms with Gasteiger partial charge in [0, 0.05) is 0 Å². The smallest absolute Gasteiger partial charge is 0.160 e. The molecule has 2 rings (SSSR count). The van der Waals surface area contributed by atoms with Crippen molar-refractivity contribution in [1.29, 1.82) is 0 Å². The van der Waals surface area contributed by atoms with Crippen molar-refractivity contribution in [2.75, 3.05) is 13.2 Å². The summed E-state index contributed by atoms with van der Waals surface area (Å²) >= 11 is 0. The molecular weight excluding hydrogens is 304 g/mol. The Morgan fingerprint density at radius 3 is 1.77 bits per heavy atom. The normalized spacial score (nSPS) is 51.0. The molecule has 0 aromatic heterocycles. The van der Waals surface area contributed by atoms with E-state index >= 15 is 0 Å². The van der Waals surface area contributed by atoms with Gasteiger partial charge in [0.25, 0.3) is 0 Å². The van der Waals surface area contributed by atoms with Gasteiger partial charge in [-0.2, -0.15) is 0 Å². The quantitative estimate of drug-likeness (QED) is 0.250. The van der Waals surface area contributed by atoms with Crippen LogP contribution >= 0.6 is 0 Å². The maximum atomic E-state index is 9.97. The minimum absolute atomic E-state index is 0.409. The van der Waals surface area contributed by atoms with Gasteiger partial charge in [0.1, 0.15) is 54.9 Å². The number of rotatable bonds is 3. The average Bonchev–Trinajstić information content (AvgIpc) is 2.52. The molecule has 0 aliphatic carbocycles. The highest BCUT2D eigenvalue weighted by Crippen LogP contribution is 2.35. The van der Waals surface area contributed by atoms with E-state index in [1.54, 1.807) is 0 Å². The van der Waals surface area contributed by atoms with E-state index in [0.29, 0.717) is 0 Å². The molecule has 0 aromatic carbocycles. The molecule has 0 saturated carbocycles. The predicted molar refractivity (Wildman–Crippen MR) is 67.0 cm³/mol. The van der Waals surface area contributed by atoms with Crippen molar-refractivity contribution >= 4 is 0 Å². The Kier molecular flexibility index (Phi) is 5.72. The van der Waals surface area contributed by atoms with Crippen LogP contribution in [0, 0.1) is 6.10 Å². The molecular formula is C12H21O10. The molecule has 10 heteroatoms. The summed E-state index contributed by atoms with van der Waals surface area (Å²) in [5, 5.41) is 77.0. The number of hydrogen-bond donors (Lipinski definition) is 8. The Morgan fingerprint density at radius 1 is 0.682 bits per heavy atom. The fourth-order valence-electron chi connectivity index (χ4n) is 2.61. The monoisotopic (exact) mass is 325 g/mol. The number of aliphatic hydroxyl groups excluding tert-OH is 8. The molecule has 0 bridgehead atoms. The van der Waals surface area contributed by atoms with Gasteiger partial charge < -0.3 is 50.3 Å². The maximum absolute atomic E-state index is 9.97. The largest absolute Gasteiger partial charge is 0.394 e. The third-order valence-corrected chi connectivity index (χ3v) is 3.99. The van der Waals surface area contributed by atoms with E-state index in [-0.39, 0.29) is 0 Å². The fraction of sp³-hybridized carbons (Fsp3) is 0.917. The molecule has 2 fully saturated rings. The van der Waals surface area contributed by atoms with E-state index in [2.05, 4.69) is 0 Å². The van der Waals surface area contributed by atoms with Crippen LogP contribution in [0.5, 0.6) is 0 Å². The summed E-state index contributed by atoms with van der Waals surface area (Å²) < 4.78 is 10.4. The van der Waals surface area contributed by atoms with Crippen molar-refractivity contribution in [3.05, 3.63) is 6.10 Å². The second kappa shape index (κ2) is 7.01. The van der Waals surface area contributed by atoms with Crippen LogP contribution in [0.4, 0.5) is 0 Å². The van der Waals surface area contributed by atoms with Gasteiger partial charge in [-0.3, -0.25) is 0 Å². The summed E-state index contributed by atoms with van der Waals surface area (Å²) in [7, 11) is 0. The first kappa shape index (κ1) is 17.9. The van der Waals surface area contributed by atoms with Crippen LogP contribution < -0.4 is 0 Å². The molecule has 10 nitrogen and oxygen atoms in total. The van der Waals surface area contributed by atoms with Crippen molar-refractivity contribution < 1.29 is 50.3 Å². The van der Waals surface area contributed by atoms with Crippen molar-refractivity contribution in [1.82, 2.24) is 0 Å². The third-order valence-electron chi connectivity index (χ3n) is 3.99. The number of hydrogen-bond acceptors (Lipinski definition) is 10. The topological polar surface area (TPSA) is 180 Å². The Hall–Kier alpha value is -0.400. The highest BCUT2D eigenvalue weighted by Gasteiger charge is 2.54. The standard InChI is InChI=1S/C12H21O10/c13-1-3-5(15)7(17)9(19)11(21-3)12-10(20)8(18)6(16)4(2-14)22-12/h3-11,13-20H,1-2H2/t3-,4-,5-,6+,7+,8+,9-,10-,11?/m1/s1. The molecule has 0 spiro atoms. The first-order valence-electron chi connectivity index (χ1n) is 6.82. The molecule has 129 valence electrons. The van der Waals surface area contributed by atoms with Gasteiger partial charge in [-0.25, -0.2) is 0 Å². The van der Waals surface area contributed by atoms with E-state index in [4.69, 9.17) is 19.7 Å². The summed E-state index contributed by atoms with van der Waals surface area (Å²) in [6.07, 6.45) is -14.3. The van der Waals surface area contributed by atoms with E-state index < -0.39 is 74.3 Å². The SMILES string of the molecule is OC[C@H]1O[C](C2O[C@H](CO)[C@@H](O)[C@H](O)[C@H]2O)[C@H](O)[C@@H](O)[C@H]1O. The highest BCUT2D eigenvalue weighted by atomic mass is 16.6. The van der Waals surface area contributed by atoms with Crippen molar-refractivity contribution in [3.8, 4) is 0 Å². The summed E-state index contributed by atoms with van der Waals surface area (Å²) in [4.78, 5) is 0. The Labute approximate surface area is 125 Å². The van der Waals surface area contributed by atoms with Crippen LogP contribution in [0.2, 0.25) is 0 Å². The van der Waals surface area contributed by atoms with E-state index in [1.165, 1.54) is 0 Å². The fourth-order valence-corrected chi connectivity index (χ4v) is 2.61. The maximum Gasteiger partial charge on any atom is 0.160 e. The zero-order valence-corrected chi connectivity index (χ0v) is 11.5. The Bertz CT molecular complexity index is 330. The lowest BCUT2D eigenvalue weighted by molar-refractivity contribution is -0.269. The molecule has 2 aliphatic heterocycles. The average molecular weight is 325 g/mol. The molecule has 2 saturated heterocycles. The number of aliphatic hydroxyl groups is 8. The van der Waals surface area contributed by atoms with Crippen LogP contribution in [0.3, 0.4) is 0 Å². The van der Waals surface area contributed by atoms with Gasteiger partial charge in [0.05, 0.1) is 13.2 Å². The molecule has 0 aromatic rings. The zero-order valence-electron chi connectivity index (χ0n) is 11.5. The van der Waals surface area contributed by atoms with Crippen LogP contribution in [-0.2, 0) is 9.47 Å². The summed E-state index contributed by atoms with van der Waals surface area (Å²) in [5.74, 6) is 0. The first-order valence-corrected chi connectivity index (χ1v) is 6.82. The van der Waals surface area contributed by atoms with Crippen molar-refractivity contribution in [2.24, 2.45) is 0 Å². The predicted octanol–water partition coefficient (Wildman–Crippen LogP) is -5.17. The summed E-state index contributed by atoms with van der Waals surface area (Å²) in [5.41, 5.74) is 0. The van der Waals surface area contributed by atoms with E-state index in [9.17, 15) is 30.6 Å². The molecule has 1 unspecified atom stereocenters. The molecule has 0 amide bonds. The van der Waals surface area contributed by atoms with E-state index in [1.807, 2.05) is 0 Å². The van der Waals surface area contributed by atoms with Gasteiger partial charge in [0.15, 0.2) is 6.10 Å². The Morgan fingerprint density at radius 2 is 1.23 bits per heavy atom. The lowest BCUT2D eigenvalue weighted by Crippen LogP contribution is -2.65. The molecule has 1 radical (unpaired) electrons. The lowest BCUT2D eigenvalue weighted by Gasteiger charge is -2.47. The van der Waals surface area contributed by atoms with Gasteiger partial charge in [0.2, 0.25) is 0 Å². The van der Waals surface area contributed by atoms with Gasteiger partial charge in [-0.1, -0.05) is 0 Å². The minimum Gasteiger partial charge on any atom is -0.394 e. The lowest BCUT2D eigenvalue weighted by atomic mass is 9.86. The van der Waals surface area contributed by atoms with Gasteiger partial charge in [-0.15, -0.1) is 0 Å². The third kappa shape index (κ3) is 2.99. The molecule has 2 aliphatic rings. The first-order chi connectivity index (χ1) is 10.3. The van der Waals surface area contributed by atoms with Crippen LogP contribution in [0.25, 0.3) is 0 Å². The van der Waals surface area contributed by atoms with Crippen molar-refractivity contribution in [3.63, 3.8) is 0 Å². The van der Waals surface area contributed by atoms with Crippen LogP contribution in [0.1, 0.15) is 0 Å². The van der Waals surface area contributed by atoms with Crippen molar-refractivity contribution in [2.45, 2.75) is 54.9 Å². The second-order valence-electron chi connectivity index (χ2n) is 5.42. The van der Waals surface area contributed by atoms with Crippen LogP contribution in [-0.4, -0.2) is 109 Å². The molecule has 8 N–H and O–H groups in total.